The van der Waals surface area contributed by atoms with Crippen molar-refractivity contribution in [2.24, 2.45) is 4.99 Å². The number of aliphatic imine (C=N–C) groups is 1. The standard InChI is InChI=1S/C33H37NO5S/c1-7-20(5)29-27(31(36)38-9-3)28(32(37)39-10-4)30(40-29)34-18-21-11-13-25-22(15-21)16-23-17-24(12-14-26(23)25)33(6,8-2)19-35/h11-15,17-20H,7-10,16H2,1-6H3/b34-18+. The molecule has 0 bridgehead atoms. The van der Waals surface area contributed by atoms with Crippen molar-refractivity contribution < 1.29 is 23.9 Å². The van der Waals surface area contributed by atoms with Crippen molar-refractivity contribution in [3.8, 4) is 11.1 Å². The van der Waals surface area contributed by atoms with Gasteiger partial charge in [-0.2, -0.15) is 0 Å². The van der Waals surface area contributed by atoms with Crippen LogP contribution in [-0.2, 0) is 26.1 Å². The molecule has 6 nitrogen and oxygen atoms in total. The molecule has 0 spiro atoms. The zero-order valence-corrected chi connectivity index (χ0v) is 24.9. The van der Waals surface area contributed by atoms with Gasteiger partial charge in [0.15, 0.2) is 0 Å². The molecule has 2 unspecified atom stereocenters. The van der Waals surface area contributed by atoms with Crippen LogP contribution in [0.3, 0.4) is 0 Å². The van der Waals surface area contributed by atoms with Crippen LogP contribution in [-0.4, -0.2) is 37.7 Å². The lowest BCUT2D eigenvalue weighted by atomic mass is 9.80. The van der Waals surface area contributed by atoms with Gasteiger partial charge in [0.25, 0.3) is 0 Å². The van der Waals surface area contributed by atoms with Gasteiger partial charge in [0, 0.05) is 16.5 Å². The minimum atomic E-state index is -0.571. The number of aldehydes is 1. The van der Waals surface area contributed by atoms with E-state index in [1.807, 2.05) is 33.8 Å². The highest BCUT2D eigenvalue weighted by Gasteiger charge is 2.32. The first kappa shape index (κ1) is 29.4. The van der Waals surface area contributed by atoms with Gasteiger partial charge in [-0.1, -0.05) is 51.1 Å². The summed E-state index contributed by atoms with van der Waals surface area (Å²) < 4.78 is 10.6. The van der Waals surface area contributed by atoms with Crippen molar-refractivity contribution in [2.45, 2.75) is 72.1 Å². The Balaban J connectivity index is 1.70. The van der Waals surface area contributed by atoms with Crippen LogP contribution in [0.15, 0.2) is 41.4 Å². The van der Waals surface area contributed by atoms with Crippen LogP contribution >= 0.6 is 11.3 Å². The van der Waals surface area contributed by atoms with Crippen LogP contribution < -0.4 is 0 Å². The highest BCUT2D eigenvalue weighted by atomic mass is 32.1. The monoisotopic (exact) mass is 559 g/mol. The maximum atomic E-state index is 13.0. The van der Waals surface area contributed by atoms with E-state index in [2.05, 4.69) is 30.3 Å². The number of nitrogens with zero attached hydrogens (tertiary/aromatic N) is 1. The molecule has 0 N–H and O–H groups in total. The molecule has 1 aliphatic rings. The summed E-state index contributed by atoms with van der Waals surface area (Å²) >= 11 is 1.34. The van der Waals surface area contributed by atoms with Crippen molar-refractivity contribution in [1.82, 2.24) is 0 Å². The quantitative estimate of drug-likeness (QED) is 0.106. The zero-order valence-electron chi connectivity index (χ0n) is 24.1. The molecular weight excluding hydrogens is 522 g/mol. The second-order valence-electron chi connectivity index (χ2n) is 10.4. The van der Waals surface area contributed by atoms with Gasteiger partial charge in [-0.3, -0.25) is 0 Å². The highest BCUT2D eigenvalue weighted by molar-refractivity contribution is 7.16. The van der Waals surface area contributed by atoms with Crippen molar-refractivity contribution in [1.29, 1.82) is 0 Å². The summed E-state index contributed by atoms with van der Waals surface area (Å²) in [5, 5.41) is 0.443. The molecule has 0 amide bonds. The van der Waals surface area contributed by atoms with Crippen molar-refractivity contribution in [3.63, 3.8) is 0 Å². The second kappa shape index (κ2) is 12.3. The summed E-state index contributed by atoms with van der Waals surface area (Å²) in [7, 11) is 0. The van der Waals surface area contributed by atoms with Crippen LogP contribution in [0.5, 0.6) is 0 Å². The number of benzene rings is 2. The van der Waals surface area contributed by atoms with Crippen molar-refractivity contribution in [3.05, 3.63) is 74.7 Å². The van der Waals surface area contributed by atoms with Gasteiger partial charge in [0.1, 0.15) is 16.9 Å². The Morgan fingerprint density at radius 3 is 2.20 bits per heavy atom. The Labute approximate surface area is 240 Å². The first-order valence-electron chi connectivity index (χ1n) is 14.0. The molecule has 0 saturated carbocycles. The first-order chi connectivity index (χ1) is 19.2. The summed E-state index contributed by atoms with van der Waals surface area (Å²) in [5.41, 5.74) is 6.64. The largest absolute Gasteiger partial charge is 0.462 e. The van der Waals surface area contributed by atoms with E-state index < -0.39 is 17.4 Å². The lowest BCUT2D eigenvalue weighted by Gasteiger charge is -2.22. The Hall–Kier alpha value is -3.58. The van der Waals surface area contributed by atoms with E-state index >= 15 is 0 Å². The molecule has 210 valence electrons. The molecule has 40 heavy (non-hydrogen) atoms. The van der Waals surface area contributed by atoms with E-state index in [4.69, 9.17) is 14.5 Å². The molecule has 7 heteroatoms. The molecule has 2 aromatic carbocycles. The normalized spacial score (nSPS) is 14.3. The van der Waals surface area contributed by atoms with Gasteiger partial charge >= 0.3 is 11.9 Å². The number of ether oxygens (including phenoxy) is 2. The maximum absolute atomic E-state index is 13.0. The highest BCUT2D eigenvalue weighted by Crippen LogP contribution is 2.42. The topological polar surface area (TPSA) is 82.0 Å². The van der Waals surface area contributed by atoms with E-state index in [0.29, 0.717) is 5.00 Å². The van der Waals surface area contributed by atoms with E-state index in [-0.39, 0.29) is 30.3 Å². The molecule has 0 saturated heterocycles. The fourth-order valence-corrected chi connectivity index (χ4v) is 6.27. The van der Waals surface area contributed by atoms with Crippen LogP contribution in [0.2, 0.25) is 0 Å². The Kier molecular flexibility index (Phi) is 9.04. The molecule has 0 radical (unpaired) electrons. The van der Waals surface area contributed by atoms with Gasteiger partial charge in [-0.15, -0.1) is 11.3 Å². The van der Waals surface area contributed by atoms with Crippen molar-refractivity contribution in [2.75, 3.05) is 13.2 Å². The van der Waals surface area contributed by atoms with E-state index in [9.17, 15) is 14.4 Å². The number of thiophene rings is 1. The number of hydrogen-bond donors (Lipinski definition) is 0. The number of esters is 2. The molecule has 1 aromatic heterocycles. The summed E-state index contributed by atoms with van der Waals surface area (Å²) in [6.07, 6.45) is 5.10. The van der Waals surface area contributed by atoms with Crippen LogP contribution in [0.25, 0.3) is 11.1 Å². The lowest BCUT2D eigenvalue weighted by molar-refractivity contribution is -0.112. The first-order valence-corrected chi connectivity index (χ1v) is 14.8. The SMILES string of the molecule is CCOC(=O)c1c(/N=C/c2ccc3c(c2)Cc2cc(C(C)(C=O)CC)ccc2-3)sc(C(C)CC)c1C(=O)OCC. The summed E-state index contributed by atoms with van der Waals surface area (Å²) in [6.45, 7) is 12.0. The Bertz CT molecular complexity index is 1470. The van der Waals surface area contributed by atoms with Crippen LogP contribution in [0.4, 0.5) is 5.00 Å². The fourth-order valence-electron chi connectivity index (χ4n) is 5.01. The summed E-state index contributed by atoms with van der Waals surface area (Å²) in [6, 6.07) is 12.5. The second-order valence-corrected chi connectivity index (χ2v) is 11.4. The van der Waals surface area contributed by atoms with Crippen LogP contribution in [0, 0.1) is 0 Å². The third kappa shape index (κ3) is 5.52. The smallest absolute Gasteiger partial charge is 0.342 e. The Morgan fingerprint density at radius 2 is 1.60 bits per heavy atom. The van der Waals surface area contributed by atoms with Crippen molar-refractivity contribution >= 4 is 40.8 Å². The molecule has 0 fully saturated rings. The number of rotatable bonds is 11. The Morgan fingerprint density at radius 1 is 0.975 bits per heavy atom. The average Bonchev–Trinajstić information content (AvgIpc) is 3.53. The fraction of sp³-hybridized carbons (Fsp3) is 0.394. The predicted molar refractivity (Wildman–Crippen MR) is 161 cm³/mol. The number of fused-ring (bicyclic) bond motifs is 3. The van der Waals surface area contributed by atoms with Gasteiger partial charge in [-0.25, -0.2) is 14.6 Å². The molecule has 1 heterocycles. The number of carbonyl (C=O) groups is 3. The van der Waals surface area contributed by atoms with E-state index in [1.54, 1.807) is 20.1 Å². The summed E-state index contributed by atoms with van der Waals surface area (Å²) in [5.74, 6) is -1.04. The molecule has 2 atom stereocenters. The van der Waals surface area contributed by atoms with Gasteiger partial charge in [0.05, 0.1) is 18.8 Å². The van der Waals surface area contributed by atoms with Gasteiger partial charge < -0.3 is 14.3 Å². The van der Waals surface area contributed by atoms with Crippen LogP contribution in [0.1, 0.15) is 108 Å². The third-order valence-electron chi connectivity index (χ3n) is 7.83. The molecule has 3 aromatic rings. The molecular formula is C33H37NO5S. The van der Waals surface area contributed by atoms with E-state index in [1.165, 1.54) is 33.6 Å². The minimum Gasteiger partial charge on any atom is -0.462 e. The number of hydrogen-bond acceptors (Lipinski definition) is 7. The molecule has 0 aliphatic heterocycles. The number of carbonyl (C=O) groups excluding carboxylic acids is 3. The molecule has 1 aliphatic carbocycles. The maximum Gasteiger partial charge on any atom is 0.342 e. The lowest BCUT2D eigenvalue weighted by Crippen LogP contribution is -2.22. The van der Waals surface area contributed by atoms with Gasteiger partial charge in [-0.05, 0) is 85.4 Å². The average molecular weight is 560 g/mol. The van der Waals surface area contributed by atoms with Gasteiger partial charge in [0.2, 0.25) is 0 Å². The minimum absolute atomic E-state index is 0.0544. The predicted octanol–water partition coefficient (Wildman–Crippen LogP) is 7.80. The molecule has 4 rings (SSSR count). The summed E-state index contributed by atoms with van der Waals surface area (Å²) in [4.78, 5) is 43.3. The van der Waals surface area contributed by atoms with E-state index in [0.717, 1.165) is 41.6 Å². The third-order valence-corrected chi connectivity index (χ3v) is 9.16. The zero-order chi connectivity index (χ0) is 29.0.